The van der Waals surface area contributed by atoms with Crippen LogP contribution in [0.3, 0.4) is 0 Å². The second-order valence-corrected chi connectivity index (χ2v) is 13.3. The van der Waals surface area contributed by atoms with Crippen LogP contribution in [0.1, 0.15) is 0 Å². The summed E-state index contributed by atoms with van der Waals surface area (Å²) in [6, 6.07) is 56.3. The molecule has 0 aliphatic rings. The molecule has 12 rings (SSSR count). The van der Waals surface area contributed by atoms with E-state index in [0.29, 0.717) is 0 Å². The third-order valence-corrected chi connectivity index (χ3v) is 10.7. The lowest BCUT2D eigenvalue weighted by Crippen LogP contribution is -1.95. The van der Waals surface area contributed by atoms with Gasteiger partial charge in [-0.25, -0.2) is 0 Å². The summed E-state index contributed by atoms with van der Waals surface area (Å²) < 4.78 is 18.1. The second kappa shape index (κ2) is 9.43. The lowest BCUT2D eigenvalue weighted by molar-refractivity contribution is 0.624. The van der Waals surface area contributed by atoms with Gasteiger partial charge < -0.3 is 8.83 Å². The van der Waals surface area contributed by atoms with Gasteiger partial charge in [-0.15, -0.1) is 0 Å². The maximum atomic E-state index is 7.22. The van der Waals surface area contributed by atoms with Gasteiger partial charge in [0.25, 0.3) is 0 Å². The van der Waals surface area contributed by atoms with Gasteiger partial charge in [0.15, 0.2) is 0 Å². The minimum absolute atomic E-state index is 0.838. The highest BCUT2D eigenvalue weighted by Crippen LogP contribution is 2.48. The number of para-hydroxylation sites is 2. The van der Waals surface area contributed by atoms with E-state index in [2.05, 4.69) is 155 Å². The highest BCUT2D eigenvalue weighted by molar-refractivity contribution is 6.35. The van der Waals surface area contributed by atoms with Gasteiger partial charge in [0, 0.05) is 32.9 Å². The molecule has 0 bridgehead atoms. The third kappa shape index (κ3) is 3.34. The van der Waals surface area contributed by atoms with E-state index in [1.54, 1.807) is 0 Å². The van der Waals surface area contributed by atoms with E-state index in [4.69, 9.17) is 8.83 Å². The number of fused-ring (bicyclic) bond motifs is 15. The lowest BCUT2D eigenvalue weighted by Gasteiger charge is -2.10. The normalized spacial score (nSPS) is 12.4. The highest BCUT2D eigenvalue weighted by Gasteiger charge is 2.27. The summed E-state index contributed by atoms with van der Waals surface area (Å²) >= 11 is 0. The first kappa shape index (κ1) is 26.2. The highest BCUT2D eigenvalue weighted by atomic mass is 16.4. The molecule has 0 unspecified atom stereocenters. The number of aromatic nitrogens is 2. The monoisotopic (exact) mass is 638 g/mol. The average Bonchev–Trinajstić information content (AvgIpc) is 3.89. The van der Waals surface area contributed by atoms with Gasteiger partial charge in [-0.2, -0.15) is 0 Å². The average molecular weight is 639 g/mol. The van der Waals surface area contributed by atoms with Crippen LogP contribution in [0, 0.1) is 0 Å². The van der Waals surface area contributed by atoms with E-state index in [9.17, 15) is 0 Å². The van der Waals surface area contributed by atoms with Crippen LogP contribution in [0.25, 0.3) is 110 Å². The van der Waals surface area contributed by atoms with Crippen molar-refractivity contribution in [2.75, 3.05) is 0 Å². The van der Waals surface area contributed by atoms with Crippen molar-refractivity contribution >= 4 is 98.3 Å². The fourth-order valence-corrected chi connectivity index (χ4v) is 8.51. The summed E-state index contributed by atoms with van der Waals surface area (Å²) in [7, 11) is 0. The minimum Gasteiger partial charge on any atom is -0.456 e. The predicted molar refractivity (Wildman–Crippen MR) is 207 cm³/mol. The fraction of sp³-hybridized carbons (Fsp3) is 0. The number of furan rings is 2. The summed E-state index contributed by atoms with van der Waals surface area (Å²) in [5, 5.41) is 14.1. The van der Waals surface area contributed by atoms with Gasteiger partial charge in [-0.05, 0) is 86.9 Å². The molecule has 0 aliphatic carbocycles. The Labute approximate surface area is 284 Å². The Morgan fingerprint density at radius 1 is 0.320 bits per heavy atom. The molecule has 0 spiro atoms. The Hall–Kier alpha value is -6.78. The molecular weight excluding hydrogens is 613 g/mol. The molecule has 4 nitrogen and oxygen atoms in total. The third-order valence-electron chi connectivity index (χ3n) is 10.7. The van der Waals surface area contributed by atoms with Crippen molar-refractivity contribution in [3.8, 4) is 11.4 Å². The van der Waals surface area contributed by atoms with E-state index in [1.807, 2.05) is 12.1 Å². The number of hydrogen-bond acceptors (Lipinski definition) is 2. The number of nitrogens with zero attached hydrogens (tertiary/aromatic N) is 2. The Morgan fingerprint density at radius 3 is 1.60 bits per heavy atom. The summed E-state index contributed by atoms with van der Waals surface area (Å²) in [6.45, 7) is 0. The first-order valence-electron chi connectivity index (χ1n) is 17.0. The Bertz CT molecular complexity index is 3370. The van der Waals surface area contributed by atoms with Crippen molar-refractivity contribution < 1.29 is 8.83 Å². The minimum atomic E-state index is 0.838. The Kier molecular flexibility index (Phi) is 4.94. The van der Waals surface area contributed by atoms with Crippen LogP contribution in [-0.2, 0) is 0 Å². The molecule has 4 aromatic heterocycles. The van der Waals surface area contributed by atoms with Gasteiger partial charge >= 0.3 is 0 Å². The molecule has 0 saturated carbocycles. The van der Waals surface area contributed by atoms with Crippen LogP contribution in [0.2, 0.25) is 0 Å². The Balaban J connectivity index is 1.26. The zero-order valence-electron chi connectivity index (χ0n) is 26.7. The standard InChI is InChI=1S/C46H26N2O2/c1-2-12-31(13-3-1)47-37-22-19-27-10-4-6-14-33(27)41(37)43-44-42-34-15-7-5-11-28(34)20-23-38(42)48(46(44)50-45(43)47)32-21-18-29-25-36-35-16-8-9-17-39(35)49-40(36)26-30(29)24-32/h1-26H. The van der Waals surface area contributed by atoms with Crippen LogP contribution in [0.5, 0.6) is 0 Å². The predicted octanol–water partition coefficient (Wildman–Crippen LogP) is 12.8. The fourth-order valence-electron chi connectivity index (χ4n) is 8.51. The van der Waals surface area contributed by atoms with Crippen molar-refractivity contribution in [3.63, 3.8) is 0 Å². The SMILES string of the molecule is c1ccc(-n2c3ccc4ccccc4c3c3c4c5c6ccccc6ccc5n(-c5ccc6cc7c(cc6c5)oc5ccccc57)c4oc32)cc1. The first-order chi connectivity index (χ1) is 24.8. The van der Waals surface area contributed by atoms with Crippen molar-refractivity contribution in [1.82, 2.24) is 9.13 Å². The van der Waals surface area contributed by atoms with E-state index in [-0.39, 0.29) is 0 Å². The Morgan fingerprint density at radius 2 is 0.900 bits per heavy atom. The van der Waals surface area contributed by atoms with Gasteiger partial charge in [0.05, 0.1) is 21.8 Å². The molecule has 0 N–H and O–H groups in total. The van der Waals surface area contributed by atoms with E-state index in [1.165, 1.54) is 37.7 Å². The molecule has 0 fully saturated rings. The number of hydrogen-bond donors (Lipinski definition) is 0. The number of benzene rings is 8. The van der Waals surface area contributed by atoms with Crippen molar-refractivity contribution in [1.29, 1.82) is 0 Å². The van der Waals surface area contributed by atoms with Gasteiger partial charge in [-0.1, -0.05) is 103 Å². The maximum absolute atomic E-state index is 7.22. The lowest BCUT2D eigenvalue weighted by atomic mass is 10.0. The largest absolute Gasteiger partial charge is 0.456 e. The zero-order chi connectivity index (χ0) is 32.5. The molecule has 0 atom stereocenters. The molecule has 4 heteroatoms. The van der Waals surface area contributed by atoms with Crippen LogP contribution in [0.4, 0.5) is 0 Å². The molecule has 0 saturated heterocycles. The van der Waals surface area contributed by atoms with Gasteiger partial charge in [0.2, 0.25) is 11.4 Å². The van der Waals surface area contributed by atoms with Crippen molar-refractivity contribution in [3.05, 3.63) is 158 Å². The molecule has 232 valence electrons. The smallest absolute Gasteiger partial charge is 0.215 e. The molecule has 4 heterocycles. The van der Waals surface area contributed by atoms with Crippen LogP contribution >= 0.6 is 0 Å². The van der Waals surface area contributed by atoms with Crippen molar-refractivity contribution in [2.24, 2.45) is 0 Å². The van der Waals surface area contributed by atoms with Crippen LogP contribution in [-0.4, -0.2) is 9.13 Å². The van der Waals surface area contributed by atoms with Gasteiger partial charge in [0.1, 0.15) is 11.2 Å². The van der Waals surface area contributed by atoms with E-state index >= 15 is 0 Å². The molecule has 12 aromatic rings. The molecular formula is C46H26N2O2. The second-order valence-electron chi connectivity index (χ2n) is 13.3. The number of rotatable bonds is 2. The van der Waals surface area contributed by atoms with Crippen molar-refractivity contribution in [2.45, 2.75) is 0 Å². The quantitative estimate of drug-likeness (QED) is 0.189. The summed E-state index contributed by atoms with van der Waals surface area (Å²) in [5.74, 6) is 0. The molecule has 0 radical (unpaired) electrons. The topological polar surface area (TPSA) is 36.1 Å². The summed E-state index contributed by atoms with van der Waals surface area (Å²) in [5.41, 5.74) is 7.84. The van der Waals surface area contributed by atoms with Gasteiger partial charge in [-0.3, -0.25) is 9.13 Å². The molecule has 0 aliphatic heterocycles. The zero-order valence-corrected chi connectivity index (χ0v) is 26.7. The first-order valence-corrected chi connectivity index (χ1v) is 17.0. The van der Waals surface area contributed by atoms with Crippen LogP contribution in [0.15, 0.2) is 167 Å². The van der Waals surface area contributed by atoms with E-state index in [0.717, 1.165) is 71.9 Å². The van der Waals surface area contributed by atoms with Crippen LogP contribution < -0.4 is 0 Å². The summed E-state index contributed by atoms with van der Waals surface area (Å²) in [6.07, 6.45) is 0. The molecule has 0 amide bonds. The maximum Gasteiger partial charge on any atom is 0.215 e. The van der Waals surface area contributed by atoms with E-state index < -0.39 is 0 Å². The summed E-state index contributed by atoms with van der Waals surface area (Å²) in [4.78, 5) is 0. The molecule has 50 heavy (non-hydrogen) atoms. The molecule has 8 aromatic carbocycles.